The lowest BCUT2D eigenvalue weighted by molar-refractivity contribution is 0.149. The van der Waals surface area contributed by atoms with E-state index >= 15 is 0 Å². The van der Waals surface area contributed by atoms with E-state index in [9.17, 15) is 4.79 Å². The highest BCUT2D eigenvalue weighted by Crippen LogP contribution is 2.36. The highest BCUT2D eigenvalue weighted by molar-refractivity contribution is 5.83. The molecule has 0 radical (unpaired) electrons. The van der Waals surface area contributed by atoms with Gasteiger partial charge in [-0.1, -0.05) is 37.3 Å². The van der Waals surface area contributed by atoms with Gasteiger partial charge in [-0.3, -0.25) is 9.69 Å². The van der Waals surface area contributed by atoms with Crippen molar-refractivity contribution in [2.75, 3.05) is 26.3 Å². The van der Waals surface area contributed by atoms with Crippen LogP contribution in [0, 0.1) is 5.92 Å². The number of tetrazole rings is 1. The Morgan fingerprint density at radius 2 is 1.80 bits per heavy atom. The molecule has 0 spiro atoms. The Balaban J connectivity index is 1.46. The van der Waals surface area contributed by atoms with E-state index < -0.39 is 0 Å². The van der Waals surface area contributed by atoms with Crippen LogP contribution in [0.1, 0.15) is 42.8 Å². The summed E-state index contributed by atoms with van der Waals surface area (Å²) in [4.78, 5) is 18.9. The average molecular weight is 473 g/mol. The Morgan fingerprint density at radius 1 is 1.06 bits per heavy atom. The number of pyridine rings is 1. The fraction of sp³-hybridized carbons (Fsp3) is 0.385. The molecule has 0 bridgehead atoms. The van der Waals surface area contributed by atoms with E-state index in [1.807, 2.05) is 41.1 Å². The van der Waals surface area contributed by atoms with E-state index in [1.54, 1.807) is 0 Å². The van der Waals surface area contributed by atoms with Gasteiger partial charge in [0.1, 0.15) is 19.3 Å². The monoisotopic (exact) mass is 472 g/mol. The van der Waals surface area contributed by atoms with E-state index in [-0.39, 0.29) is 11.6 Å². The Hall–Kier alpha value is -3.72. The van der Waals surface area contributed by atoms with Crippen molar-refractivity contribution < 1.29 is 9.47 Å². The summed E-state index contributed by atoms with van der Waals surface area (Å²) in [7, 11) is 0. The molecule has 9 nitrogen and oxygen atoms in total. The number of aromatic amines is 1. The summed E-state index contributed by atoms with van der Waals surface area (Å²) in [6, 6.07) is 15.5. The maximum atomic E-state index is 13.5. The second kappa shape index (κ2) is 9.14. The molecule has 1 fully saturated rings. The minimum Gasteiger partial charge on any atom is -0.486 e. The number of nitrogens with one attached hydrogen (secondary N) is 1. The Bertz CT molecular complexity index is 1390. The van der Waals surface area contributed by atoms with Gasteiger partial charge in [0.15, 0.2) is 17.3 Å². The average Bonchev–Trinajstić information content (AvgIpc) is 3.32. The van der Waals surface area contributed by atoms with Gasteiger partial charge >= 0.3 is 0 Å². The van der Waals surface area contributed by atoms with Crippen LogP contribution in [-0.4, -0.2) is 56.4 Å². The molecule has 6 rings (SSSR count). The highest BCUT2D eigenvalue weighted by Gasteiger charge is 2.32. The van der Waals surface area contributed by atoms with Crippen molar-refractivity contribution in [3.63, 3.8) is 0 Å². The number of rotatable bonds is 5. The SMILES string of the molecule is CC1CCN([C@H](c2cc3cc4c(cc3[nH]c2=O)OCCO4)c2nnnn2Cc2ccccc2)CC1. The highest BCUT2D eigenvalue weighted by atomic mass is 16.6. The van der Waals surface area contributed by atoms with Gasteiger partial charge in [-0.25, -0.2) is 4.68 Å². The molecule has 1 N–H and O–H groups in total. The van der Waals surface area contributed by atoms with Gasteiger partial charge in [-0.15, -0.1) is 5.10 Å². The molecular formula is C26H28N6O3. The van der Waals surface area contributed by atoms with Crippen LogP contribution < -0.4 is 15.0 Å². The van der Waals surface area contributed by atoms with Gasteiger partial charge < -0.3 is 14.5 Å². The zero-order valence-electron chi connectivity index (χ0n) is 19.7. The summed E-state index contributed by atoms with van der Waals surface area (Å²) < 4.78 is 13.3. The quantitative estimate of drug-likeness (QED) is 0.476. The summed E-state index contributed by atoms with van der Waals surface area (Å²) in [5.41, 5.74) is 2.31. The summed E-state index contributed by atoms with van der Waals surface area (Å²) in [5.74, 6) is 2.68. The Morgan fingerprint density at radius 3 is 2.57 bits per heavy atom. The molecule has 0 aliphatic carbocycles. The molecule has 0 amide bonds. The summed E-state index contributed by atoms with van der Waals surface area (Å²) >= 11 is 0. The van der Waals surface area contributed by atoms with Crippen LogP contribution in [0.25, 0.3) is 10.9 Å². The number of likely N-dealkylation sites (tertiary alicyclic amines) is 1. The van der Waals surface area contributed by atoms with Crippen molar-refractivity contribution in [3.8, 4) is 11.5 Å². The molecule has 4 aromatic rings. The smallest absolute Gasteiger partial charge is 0.253 e. The lowest BCUT2D eigenvalue weighted by Crippen LogP contribution is -2.40. The first-order chi connectivity index (χ1) is 17.2. The second-order valence-corrected chi connectivity index (χ2v) is 9.44. The standard InChI is InChI=1S/C26H28N6O3/c1-17-7-9-31(10-8-17)24(25-28-29-30-32(25)16-18-5-3-2-4-6-18)20-13-19-14-22-23(35-12-11-34-22)15-21(19)27-26(20)33/h2-6,13-15,17,24H,7-12,16H2,1H3,(H,27,33)/t24-/m1/s1. The molecule has 2 aliphatic rings. The van der Waals surface area contributed by atoms with Gasteiger partial charge in [0.25, 0.3) is 5.56 Å². The number of aromatic nitrogens is 5. The van der Waals surface area contributed by atoms with Gasteiger partial charge in [0, 0.05) is 17.0 Å². The van der Waals surface area contributed by atoms with E-state index in [0.717, 1.165) is 42.4 Å². The van der Waals surface area contributed by atoms with Gasteiger partial charge in [0.2, 0.25) is 0 Å². The van der Waals surface area contributed by atoms with Crippen LogP contribution in [0.3, 0.4) is 0 Å². The second-order valence-electron chi connectivity index (χ2n) is 9.44. The Labute approximate surface area is 202 Å². The van der Waals surface area contributed by atoms with Crippen LogP contribution in [0.15, 0.2) is 53.3 Å². The van der Waals surface area contributed by atoms with Crippen molar-refractivity contribution in [2.24, 2.45) is 5.92 Å². The van der Waals surface area contributed by atoms with Crippen molar-refractivity contribution in [2.45, 2.75) is 32.4 Å². The first kappa shape index (κ1) is 21.8. The molecule has 9 heteroatoms. The number of fused-ring (bicyclic) bond motifs is 2. The van der Waals surface area contributed by atoms with Crippen LogP contribution >= 0.6 is 0 Å². The number of benzene rings is 2. The number of H-pyrrole nitrogens is 1. The third kappa shape index (κ3) is 4.27. The third-order valence-electron chi connectivity index (χ3n) is 6.99. The molecule has 0 unspecified atom stereocenters. The maximum absolute atomic E-state index is 13.5. The van der Waals surface area contributed by atoms with Crippen LogP contribution in [0.5, 0.6) is 11.5 Å². The molecular weight excluding hydrogens is 444 g/mol. The molecule has 2 aromatic heterocycles. The van der Waals surface area contributed by atoms with Crippen LogP contribution in [0.2, 0.25) is 0 Å². The zero-order valence-corrected chi connectivity index (χ0v) is 19.7. The minimum absolute atomic E-state index is 0.146. The summed E-state index contributed by atoms with van der Waals surface area (Å²) in [6.07, 6.45) is 2.14. The van der Waals surface area contributed by atoms with E-state index in [1.165, 1.54) is 0 Å². The van der Waals surface area contributed by atoms with Crippen molar-refractivity contribution in [3.05, 3.63) is 75.8 Å². The van der Waals surface area contributed by atoms with Crippen molar-refractivity contribution >= 4 is 10.9 Å². The Kier molecular flexibility index (Phi) is 5.69. The number of nitrogens with zero attached hydrogens (tertiary/aromatic N) is 5. The van der Waals surface area contributed by atoms with Gasteiger partial charge in [0.05, 0.1) is 12.1 Å². The van der Waals surface area contributed by atoms with Crippen LogP contribution in [0.4, 0.5) is 0 Å². The van der Waals surface area contributed by atoms with E-state index in [4.69, 9.17) is 9.47 Å². The number of piperidine rings is 1. The fourth-order valence-corrected chi connectivity index (χ4v) is 5.03. The molecule has 35 heavy (non-hydrogen) atoms. The number of hydrogen-bond acceptors (Lipinski definition) is 7. The predicted molar refractivity (Wildman–Crippen MR) is 131 cm³/mol. The molecule has 1 saturated heterocycles. The molecule has 2 aliphatic heterocycles. The lowest BCUT2D eigenvalue weighted by Gasteiger charge is -2.36. The molecule has 180 valence electrons. The maximum Gasteiger partial charge on any atom is 0.253 e. The minimum atomic E-state index is -0.359. The molecule has 0 saturated carbocycles. The van der Waals surface area contributed by atoms with E-state index in [2.05, 4.69) is 44.5 Å². The largest absolute Gasteiger partial charge is 0.486 e. The molecule has 4 heterocycles. The first-order valence-electron chi connectivity index (χ1n) is 12.2. The third-order valence-corrected chi connectivity index (χ3v) is 6.99. The molecule has 1 atom stereocenters. The topological polar surface area (TPSA) is 98.2 Å². The fourth-order valence-electron chi connectivity index (χ4n) is 5.03. The first-order valence-corrected chi connectivity index (χ1v) is 12.2. The number of hydrogen-bond donors (Lipinski definition) is 1. The predicted octanol–water partition coefficient (Wildman–Crippen LogP) is 3.16. The van der Waals surface area contributed by atoms with E-state index in [0.29, 0.717) is 48.6 Å². The van der Waals surface area contributed by atoms with Crippen molar-refractivity contribution in [1.82, 2.24) is 30.1 Å². The zero-order chi connectivity index (χ0) is 23.8. The number of ether oxygens (including phenoxy) is 2. The normalized spacial score (nSPS) is 17.5. The van der Waals surface area contributed by atoms with Gasteiger partial charge in [-0.05, 0) is 60.0 Å². The molecule has 2 aromatic carbocycles. The summed E-state index contributed by atoms with van der Waals surface area (Å²) in [6.45, 7) is 5.58. The lowest BCUT2D eigenvalue weighted by atomic mass is 9.95. The van der Waals surface area contributed by atoms with Crippen LogP contribution in [-0.2, 0) is 6.54 Å². The summed E-state index contributed by atoms with van der Waals surface area (Å²) in [5, 5.41) is 13.6. The van der Waals surface area contributed by atoms with Crippen molar-refractivity contribution in [1.29, 1.82) is 0 Å². The van der Waals surface area contributed by atoms with Gasteiger partial charge in [-0.2, -0.15) is 0 Å².